The molecule has 25 heavy (non-hydrogen) atoms. The van der Waals surface area contributed by atoms with Gasteiger partial charge in [0.15, 0.2) is 0 Å². The van der Waals surface area contributed by atoms with E-state index in [1.54, 1.807) is 0 Å². The molecule has 0 heterocycles. The predicted octanol–water partition coefficient (Wildman–Crippen LogP) is 5.01. The van der Waals surface area contributed by atoms with Gasteiger partial charge in [0.1, 0.15) is 0 Å². The Morgan fingerprint density at radius 1 is 1.08 bits per heavy atom. The maximum absolute atomic E-state index is 10.4. The van der Waals surface area contributed by atoms with Gasteiger partial charge >= 0.3 is 0 Å². The first kappa shape index (κ1) is 24.4. The zero-order chi connectivity index (χ0) is 15.7. The SMILES string of the molecule is CC(O)c1c(C2=C(CN(C)C)C=CC2)ccc2ccccc12.Cl.Cl.[Ti]. The molecule has 1 N–H and O–H groups in total. The van der Waals surface area contributed by atoms with Crippen molar-refractivity contribution < 1.29 is 26.8 Å². The summed E-state index contributed by atoms with van der Waals surface area (Å²) in [5.41, 5.74) is 4.93. The van der Waals surface area contributed by atoms with Gasteiger partial charge in [-0.1, -0.05) is 48.6 Å². The molecule has 1 aliphatic rings. The fourth-order valence-corrected chi connectivity index (χ4v) is 3.33. The van der Waals surface area contributed by atoms with Crippen molar-refractivity contribution in [2.45, 2.75) is 19.4 Å². The third-order valence-corrected chi connectivity index (χ3v) is 4.23. The molecular weight excluding hydrogens is 389 g/mol. The fraction of sp³-hybridized carbons (Fsp3) is 0.300. The number of halogens is 2. The van der Waals surface area contributed by atoms with Gasteiger partial charge in [-0.3, -0.25) is 0 Å². The maximum Gasteiger partial charge on any atom is 0.0773 e. The van der Waals surface area contributed by atoms with Gasteiger partial charge in [0.25, 0.3) is 0 Å². The van der Waals surface area contributed by atoms with Gasteiger partial charge in [-0.25, -0.2) is 0 Å². The summed E-state index contributed by atoms with van der Waals surface area (Å²) in [6.07, 6.45) is 4.90. The van der Waals surface area contributed by atoms with Crippen LogP contribution in [0.1, 0.15) is 30.6 Å². The first-order valence-electron chi connectivity index (χ1n) is 7.81. The molecule has 1 aliphatic carbocycles. The van der Waals surface area contributed by atoms with E-state index < -0.39 is 6.10 Å². The number of nitrogens with zero attached hydrogens (tertiary/aromatic N) is 1. The summed E-state index contributed by atoms with van der Waals surface area (Å²) in [7, 11) is 4.18. The number of allylic oxidation sites excluding steroid dienone is 2. The Morgan fingerprint density at radius 2 is 1.76 bits per heavy atom. The molecule has 3 rings (SSSR count). The Kier molecular flexibility index (Phi) is 10.3. The molecule has 2 nitrogen and oxygen atoms in total. The molecule has 0 fully saturated rings. The fourth-order valence-electron chi connectivity index (χ4n) is 3.33. The van der Waals surface area contributed by atoms with Crippen molar-refractivity contribution in [2.75, 3.05) is 20.6 Å². The number of likely N-dealkylation sites (N-methyl/N-ethyl adjacent to an activating group) is 1. The van der Waals surface area contributed by atoms with Crippen molar-refractivity contribution in [3.05, 3.63) is 65.3 Å². The Labute approximate surface area is 177 Å². The van der Waals surface area contributed by atoms with Crippen molar-refractivity contribution >= 4 is 41.2 Å². The van der Waals surface area contributed by atoms with Crippen molar-refractivity contribution in [1.29, 1.82) is 0 Å². The molecule has 0 saturated carbocycles. The van der Waals surface area contributed by atoms with Crippen LogP contribution in [0.25, 0.3) is 16.3 Å². The van der Waals surface area contributed by atoms with Crippen LogP contribution >= 0.6 is 24.8 Å². The van der Waals surface area contributed by atoms with Crippen LogP contribution in [0.5, 0.6) is 0 Å². The summed E-state index contributed by atoms with van der Waals surface area (Å²) in [6, 6.07) is 12.6. The van der Waals surface area contributed by atoms with Crippen molar-refractivity contribution in [2.24, 2.45) is 0 Å². The summed E-state index contributed by atoms with van der Waals surface area (Å²) in [5, 5.41) is 12.7. The van der Waals surface area contributed by atoms with E-state index >= 15 is 0 Å². The second-order valence-corrected chi connectivity index (χ2v) is 6.27. The van der Waals surface area contributed by atoms with Crippen molar-refractivity contribution in [1.82, 2.24) is 4.90 Å². The number of hydrogen-bond acceptors (Lipinski definition) is 2. The largest absolute Gasteiger partial charge is 0.389 e. The van der Waals surface area contributed by atoms with E-state index in [0.29, 0.717) is 0 Å². The van der Waals surface area contributed by atoms with E-state index in [0.717, 1.165) is 23.9 Å². The van der Waals surface area contributed by atoms with E-state index in [4.69, 9.17) is 0 Å². The number of aliphatic hydroxyl groups excluding tert-OH is 1. The summed E-state index contributed by atoms with van der Waals surface area (Å²) >= 11 is 0. The normalized spacial score (nSPS) is 14.1. The minimum absolute atomic E-state index is 0. The number of rotatable bonds is 4. The molecule has 2 aromatic carbocycles. The second-order valence-electron chi connectivity index (χ2n) is 6.27. The molecule has 1 atom stereocenters. The topological polar surface area (TPSA) is 23.5 Å². The molecule has 0 aliphatic heterocycles. The first-order chi connectivity index (χ1) is 10.6. The third-order valence-electron chi connectivity index (χ3n) is 4.23. The van der Waals surface area contributed by atoms with Crippen LogP contribution in [-0.2, 0) is 21.7 Å². The van der Waals surface area contributed by atoms with E-state index in [-0.39, 0.29) is 46.5 Å². The van der Waals surface area contributed by atoms with Crippen LogP contribution in [0, 0.1) is 0 Å². The maximum atomic E-state index is 10.4. The van der Waals surface area contributed by atoms with Crippen LogP contribution < -0.4 is 0 Å². The van der Waals surface area contributed by atoms with Crippen LogP contribution in [-0.4, -0.2) is 30.6 Å². The standard InChI is InChI=1S/C20H23NO.2ClH.Ti/c1-14(22)20-18-9-5-4-7-15(18)11-12-19(20)17-10-6-8-16(17)13-21(2)3;;;/h4-9,11-12,14,22H,10,13H2,1-3H3;2*1H;. The molecule has 0 amide bonds. The van der Waals surface area contributed by atoms with E-state index in [2.05, 4.69) is 55.4 Å². The van der Waals surface area contributed by atoms with Crippen molar-refractivity contribution in [3.63, 3.8) is 0 Å². The van der Waals surface area contributed by atoms with Gasteiger partial charge in [0.05, 0.1) is 6.10 Å². The first-order valence-corrected chi connectivity index (χ1v) is 7.81. The molecule has 1 unspecified atom stereocenters. The van der Waals surface area contributed by atoms with Crippen molar-refractivity contribution in [3.8, 4) is 0 Å². The molecule has 2 aromatic rings. The smallest absolute Gasteiger partial charge is 0.0773 e. The average Bonchev–Trinajstić information content (AvgIpc) is 2.93. The summed E-state index contributed by atoms with van der Waals surface area (Å²) in [4.78, 5) is 2.19. The van der Waals surface area contributed by atoms with Gasteiger partial charge in [-0.05, 0) is 60.5 Å². The summed E-state index contributed by atoms with van der Waals surface area (Å²) < 4.78 is 0. The monoisotopic (exact) mass is 413 g/mol. The van der Waals surface area contributed by atoms with Gasteiger partial charge in [-0.2, -0.15) is 0 Å². The Morgan fingerprint density at radius 3 is 2.40 bits per heavy atom. The minimum Gasteiger partial charge on any atom is -0.389 e. The average molecular weight is 414 g/mol. The van der Waals surface area contributed by atoms with Gasteiger partial charge in [0.2, 0.25) is 0 Å². The molecule has 0 bridgehead atoms. The molecule has 134 valence electrons. The number of aliphatic hydroxyl groups is 1. The Bertz CT molecular complexity index is 769. The van der Waals surface area contributed by atoms with E-state index in [1.165, 1.54) is 22.1 Å². The van der Waals surface area contributed by atoms with Crippen LogP contribution in [0.3, 0.4) is 0 Å². The predicted molar refractivity (Wildman–Crippen MR) is 108 cm³/mol. The zero-order valence-corrected chi connectivity index (χ0v) is 18.0. The zero-order valence-electron chi connectivity index (χ0n) is 14.8. The second kappa shape index (κ2) is 10.5. The molecule has 5 heteroatoms. The van der Waals surface area contributed by atoms with E-state index in [1.807, 2.05) is 19.1 Å². The molecular formula is C20H25Cl2NOTi. The van der Waals surface area contributed by atoms with Crippen LogP contribution in [0.4, 0.5) is 0 Å². The Balaban J connectivity index is 0.00000192. The number of hydrogen-bond donors (Lipinski definition) is 1. The summed E-state index contributed by atoms with van der Waals surface area (Å²) in [6.45, 7) is 2.79. The Hall–Kier alpha value is -0.606. The van der Waals surface area contributed by atoms with Gasteiger partial charge < -0.3 is 10.0 Å². The number of benzene rings is 2. The third kappa shape index (κ3) is 5.20. The molecule has 0 saturated heterocycles. The number of fused-ring (bicyclic) bond motifs is 1. The quantitative estimate of drug-likeness (QED) is 0.712. The van der Waals surface area contributed by atoms with Gasteiger partial charge in [0, 0.05) is 28.3 Å². The summed E-state index contributed by atoms with van der Waals surface area (Å²) in [5.74, 6) is 0. The minimum atomic E-state index is -0.477. The molecule has 0 spiro atoms. The van der Waals surface area contributed by atoms with Gasteiger partial charge in [-0.15, -0.1) is 24.8 Å². The van der Waals surface area contributed by atoms with Crippen LogP contribution in [0.2, 0.25) is 0 Å². The van der Waals surface area contributed by atoms with E-state index in [9.17, 15) is 5.11 Å². The molecule has 0 radical (unpaired) electrons. The van der Waals surface area contributed by atoms with Crippen LogP contribution in [0.15, 0.2) is 54.1 Å². The molecule has 0 aromatic heterocycles.